The molecule has 20 heavy (non-hydrogen) atoms. The summed E-state index contributed by atoms with van der Waals surface area (Å²) < 4.78 is 30.9. The van der Waals surface area contributed by atoms with Gasteiger partial charge in [-0.3, -0.25) is 4.79 Å². The zero-order valence-corrected chi connectivity index (χ0v) is 12.6. The summed E-state index contributed by atoms with van der Waals surface area (Å²) in [6.07, 6.45) is -0.129. The highest BCUT2D eigenvalue weighted by molar-refractivity contribution is 7.89. The first-order valence-corrected chi connectivity index (χ1v) is 7.50. The molecule has 1 unspecified atom stereocenters. The van der Waals surface area contributed by atoms with E-state index in [-0.39, 0.29) is 17.4 Å². The molecule has 1 atom stereocenters. The Balaban J connectivity index is 2.95. The molecule has 0 saturated carbocycles. The number of ether oxygens (including phenoxy) is 1. The van der Waals surface area contributed by atoms with Crippen molar-refractivity contribution in [1.82, 2.24) is 4.31 Å². The molecule has 0 aliphatic carbocycles. The highest BCUT2D eigenvalue weighted by Gasteiger charge is 2.25. The van der Waals surface area contributed by atoms with Gasteiger partial charge >= 0.3 is 5.97 Å². The third kappa shape index (κ3) is 4.03. The van der Waals surface area contributed by atoms with E-state index in [0.29, 0.717) is 12.2 Å². The first-order chi connectivity index (χ1) is 9.28. The third-order valence-electron chi connectivity index (χ3n) is 2.98. The van der Waals surface area contributed by atoms with Crippen molar-refractivity contribution in [3.05, 3.63) is 29.8 Å². The van der Waals surface area contributed by atoms with Crippen molar-refractivity contribution in [2.75, 3.05) is 20.8 Å². The van der Waals surface area contributed by atoms with Gasteiger partial charge in [0.25, 0.3) is 0 Å². The number of benzene rings is 1. The molecule has 0 aromatic heterocycles. The Morgan fingerprint density at radius 3 is 2.35 bits per heavy atom. The van der Waals surface area contributed by atoms with Crippen molar-refractivity contribution >= 4 is 16.0 Å². The van der Waals surface area contributed by atoms with Crippen LogP contribution in [0.3, 0.4) is 0 Å². The van der Waals surface area contributed by atoms with Gasteiger partial charge in [-0.2, -0.15) is 4.31 Å². The lowest BCUT2D eigenvalue weighted by atomic mass is 10.2. The standard InChI is InChI=1S/C13H19NO5S/c1-10(9-19-3)14(2)20(17,18)12-6-4-11(5-7-12)8-13(15)16/h4-7,10H,8-9H2,1-3H3,(H,15,16). The van der Waals surface area contributed by atoms with Gasteiger partial charge in [0, 0.05) is 20.2 Å². The lowest BCUT2D eigenvalue weighted by Gasteiger charge is -2.23. The molecule has 0 spiro atoms. The molecule has 1 aromatic carbocycles. The van der Waals surface area contributed by atoms with Gasteiger partial charge < -0.3 is 9.84 Å². The molecule has 0 saturated heterocycles. The quantitative estimate of drug-likeness (QED) is 0.811. The monoisotopic (exact) mass is 301 g/mol. The van der Waals surface area contributed by atoms with Gasteiger partial charge in [0.15, 0.2) is 0 Å². The molecule has 112 valence electrons. The van der Waals surface area contributed by atoms with Crippen molar-refractivity contribution < 1.29 is 23.1 Å². The van der Waals surface area contributed by atoms with E-state index in [4.69, 9.17) is 9.84 Å². The summed E-state index contributed by atoms with van der Waals surface area (Å²) in [5.74, 6) is -0.952. The molecule has 7 heteroatoms. The van der Waals surface area contributed by atoms with E-state index in [1.165, 1.54) is 42.7 Å². The van der Waals surface area contributed by atoms with Gasteiger partial charge in [-0.1, -0.05) is 12.1 Å². The summed E-state index contributed by atoms with van der Waals surface area (Å²) in [6.45, 7) is 2.05. The Morgan fingerprint density at radius 2 is 1.90 bits per heavy atom. The first-order valence-electron chi connectivity index (χ1n) is 6.06. The number of nitrogens with zero attached hydrogens (tertiary/aromatic N) is 1. The first kappa shape index (κ1) is 16.6. The van der Waals surface area contributed by atoms with Crippen LogP contribution in [0, 0.1) is 0 Å². The van der Waals surface area contributed by atoms with E-state index in [9.17, 15) is 13.2 Å². The Bertz CT molecular complexity index is 553. The lowest BCUT2D eigenvalue weighted by molar-refractivity contribution is -0.136. The van der Waals surface area contributed by atoms with Crippen LogP contribution in [0.1, 0.15) is 12.5 Å². The topological polar surface area (TPSA) is 83.9 Å². The van der Waals surface area contributed by atoms with Gasteiger partial charge in [0.1, 0.15) is 0 Å². The summed E-state index contributed by atoms with van der Waals surface area (Å²) in [4.78, 5) is 10.7. The zero-order chi connectivity index (χ0) is 15.3. The average Bonchev–Trinajstić information content (AvgIpc) is 2.38. The van der Waals surface area contributed by atoms with Crippen LogP contribution in [0.2, 0.25) is 0 Å². The van der Waals surface area contributed by atoms with Crippen LogP contribution >= 0.6 is 0 Å². The van der Waals surface area contributed by atoms with Gasteiger partial charge in [0.05, 0.1) is 17.9 Å². The molecule has 0 aliphatic heterocycles. The van der Waals surface area contributed by atoms with Crippen molar-refractivity contribution in [1.29, 1.82) is 0 Å². The molecular weight excluding hydrogens is 282 g/mol. The van der Waals surface area contributed by atoms with Crippen LogP contribution in [0.4, 0.5) is 0 Å². The fourth-order valence-corrected chi connectivity index (χ4v) is 3.05. The van der Waals surface area contributed by atoms with E-state index in [2.05, 4.69) is 0 Å². The van der Waals surface area contributed by atoms with Crippen LogP contribution in [-0.4, -0.2) is 50.6 Å². The third-order valence-corrected chi connectivity index (χ3v) is 4.97. The summed E-state index contributed by atoms with van der Waals surface area (Å²) in [6, 6.07) is 5.57. The largest absolute Gasteiger partial charge is 0.481 e. The number of aliphatic carboxylic acids is 1. The van der Waals surface area contributed by atoms with Crippen LogP contribution < -0.4 is 0 Å². The molecule has 0 aliphatic rings. The highest BCUT2D eigenvalue weighted by Crippen LogP contribution is 2.17. The number of carboxylic acid groups (broad SMARTS) is 1. The normalized spacial score (nSPS) is 13.4. The van der Waals surface area contributed by atoms with Crippen LogP contribution in [0.5, 0.6) is 0 Å². The van der Waals surface area contributed by atoms with Crippen molar-refractivity contribution in [3.63, 3.8) is 0 Å². The molecular formula is C13H19NO5S. The second-order valence-corrected chi connectivity index (χ2v) is 6.54. The zero-order valence-electron chi connectivity index (χ0n) is 11.7. The van der Waals surface area contributed by atoms with Gasteiger partial charge in [0.2, 0.25) is 10.0 Å². The SMILES string of the molecule is COCC(C)N(C)S(=O)(=O)c1ccc(CC(=O)O)cc1. The molecule has 0 amide bonds. The summed E-state index contributed by atoms with van der Waals surface area (Å²) in [7, 11) is -0.598. The molecule has 0 fully saturated rings. The Labute approximate surface area is 119 Å². The lowest BCUT2D eigenvalue weighted by Crippen LogP contribution is -2.37. The minimum atomic E-state index is -3.60. The molecule has 0 bridgehead atoms. The molecule has 1 rings (SSSR count). The maximum Gasteiger partial charge on any atom is 0.307 e. The number of rotatable bonds is 7. The molecule has 1 aromatic rings. The van der Waals surface area contributed by atoms with Crippen LogP contribution in [-0.2, 0) is 26.0 Å². The van der Waals surface area contributed by atoms with Crippen molar-refractivity contribution in [2.24, 2.45) is 0 Å². The van der Waals surface area contributed by atoms with Gasteiger partial charge in [-0.05, 0) is 24.6 Å². The summed E-state index contributed by atoms with van der Waals surface area (Å²) in [5, 5.41) is 8.68. The van der Waals surface area contributed by atoms with Crippen LogP contribution in [0.25, 0.3) is 0 Å². The Morgan fingerprint density at radius 1 is 1.35 bits per heavy atom. The molecule has 6 nitrogen and oxygen atoms in total. The van der Waals surface area contributed by atoms with E-state index < -0.39 is 16.0 Å². The number of sulfonamides is 1. The minimum Gasteiger partial charge on any atom is -0.481 e. The molecule has 0 radical (unpaired) electrons. The molecule has 1 N–H and O–H groups in total. The minimum absolute atomic E-state index is 0.129. The number of hydrogen-bond donors (Lipinski definition) is 1. The van der Waals surface area contributed by atoms with E-state index in [1.54, 1.807) is 6.92 Å². The van der Waals surface area contributed by atoms with Crippen LogP contribution in [0.15, 0.2) is 29.2 Å². The van der Waals surface area contributed by atoms with E-state index >= 15 is 0 Å². The molecule has 0 heterocycles. The predicted molar refractivity (Wildman–Crippen MR) is 74.1 cm³/mol. The number of hydrogen-bond acceptors (Lipinski definition) is 4. The maximum atomic E-state index is 12.3. The fraction of sp³-hybridized carbons (Fsp3) is 0.462. The average molecular weight is 301 g/mol. The Kier molecular flexibility index (Phi) is 5.67. The predicted octanol–water partition coefficient (Wildman–Crippen LogP) is 0.969. The number of methoxy groups -OCH3 is 1. The second-order valence-electron chi connectivity index (χ2n) is 4.54. The highest BCUT2D eigenvalue weighted by atomic mass is 32.2. The maximum absolute atomic E-state index is 12.3. The second kappa shape index (κ2) is 6.83. The fourth-order valence-electron chi connectivity index (χ4n) is 1.70. The van der Waals surface area contributed by atoms with Crippen molar-refractivity contribution in [3.8, 4) is 0 Å². The van der Waals surface area contributed by atoms with Crippen molar-refractivity contribution in [2.45, 2.75) is 24.3 Å². The van der Waals surface area contributed by atoms with Gasteiger partial charge in [-0.25, -0.2) is 8.42 Å². The summed E-state index contributed by atoms with van der Waals surface area (Å²) in [5.41, 5.74) is 0.559. The summed E-state index contributed by atoms with van der Waals surface area (Å²) >= 11 is 0. The number of likely N-dealkylation sites (N-methyl/N-ethyl adjacent to an activating group) is 1. The number of carbonyl (C=O) groups is 1. The Hall–Kier alpha value is -1.44. The number of carboxylic acids is 1. The smallest absolute Gasteiger partial charge is 0.307 e. The van der Waals surface area contributed by atoms with E-state index in [1.807, 2.05) is 0 Å². The van der Waals surface area contributed by atoms with Gasteiger partial charge in [-0.15, -0.1) is 0 Å². The van der Waals surface area contributed by atoms with E-state index in [0.717, 1.165) is 0 Å².